The molecule has 0 radical (unpaired) electrons. The highest BCUT2D eigenvalue weighted by Gasteiger charge is 2.06. The predicted molar refractivity (Wildman–Crippen MR) is 70.7 cm³/mol. The Morgan fingerprint density at radius 3 is 2.89 bits per heavy atom. The van der Waals surface area contributed by atoms with E-state index in [1.165, 1.54) is 10.9 Å². The second-order valence-electron chi connectivity index (χ2n) is 4.47. The van der Waals surface area contributed by atoms with Crippen LogP contribution in [0.5, 0.6) is 0 Å². The molecule has 1 aromatic carbocycles. The number of fused-ring (bicyclic) bond motifs is 1. The van der Waals surface area contributed by atoms with Gasteiger partial charge in [0.05, 0.1) is 6.26 Å². The molecule has 0 aliphatic carbocycles. The average molecular weight is 246 g/mol. The maximum atomic E-state index is 11.3. The first-order valence-electron chi connectivity index (χ1n) is 6.15. The van der Waals surface area contributed by atoms with E-state index >= 15 is 0 Å². The summed E-state index contributed by atoms with van der Waals surface area (Å²) < 4.78 is 5.47. The molecule has 0 unspecified atom stereocenters. The number of rotatable bonds is 5. The summed E-state index contributed by atoms with van der Waals surface area (Å²) in [5.41, 5.74) is 2.13. The molecule has 4 heteroatoms. The van der Waals surface area contributed by atoms with Gasteiger partial charge in [0, 0.05) is 18.9 Å². The molecule has 0 bridgehead atoms. The molecule has 2 N–H and O–H groups in total. The molecule has 1 amide bonds. The third kappa shape index (κ3) is 2.90. The van der Waals surface area contributed by atoms with Gasteiger partial charge in [-0.05, 0) is 30.9 Å². The summed E-state index contributed by atoms with van der Waals surface area (Å²) in [5, 5.41) is 2.31. The topological polar surface area (TPSA) is 59.5 Å². The van der Waals surface area contributed by atoms with Gasteiger partial charge in [0.1, 0.15) is 5.58 Å². The Balaban J connectivity index is 1.85. The fourth-order valence-electron chi connectivity index (χ4n) is 1.99. The van der Waals surface area contributed by atoms with Crippen LogP contribution in [-0.4, -0.2) is 18.0 Å². The maximum Gasteiger partial charge on any atom is 0.236 e. The van der Waals surface area contributed by atoms with Crippen molar-refractivity contribution in [2.24, 2.45) is 5.84 Å². The molecule has 18 heavy (non-hydrogen) atoms. The Bertz CT molecular complexity index is 531. The van der Waals surface area contributed by atoms with Crippen LogP contribution < -0.4 is 5.84 Å². The van der Waals surface area contributed by atoms with Gasteiger partial charge >= 0.3 is 0 Å². The summed E-state index contributed by atoms with van der Waals surface area (Å²) in [6.07, 6.45) is 5.05. The monoisotopic (exact) mass is 246 g/mol. The zero-order valence-corrected chi connectivity index (χ0v) is 10.6. The number of hydrogen-bond donors (Lipinski definition) is 1. The molecule has 0 aliphatic heterocycles. The molecule has 1 heterocycles. The fourth-order valence-corrected chi connectivity index (χ4v) is 1.99. The summed E-state index contributed by atoms with van der Waals surface area (Å²) in [7, 11) is 1.58. The molecular formula is C14H18N2O2. The van der Waals surface area contributed by atoms with Crippen molar-refractivity contribution in [3.05, 3.63) is 36.1 Å². The van der Waals surface area contributed by atoms with Crippen molar-refractivity contribution in [1.82, 2.24) is 5.01 Å². The van der Waals surface area contributed by atoms with Gasteiger partial charge < -0.3 is 4.42 Å². The standard InChI is InChI=1S/C14H18N2O2/c1-16(15)14(17)9-5-2-6-11-10-18-13-8-4-3-7-12(11)13/h3-4,7-8,10H,2,5-6,9,15H2,1H3. The summed E-state index contributed by atoms with van der Waals surface area (Å²) in [4.78, 5) is 11.3. The van der Waals surface area contributed by atoms with Crippen molar-refractivity contribution in [2.75, 3.05) is 7.05 Å². The van der Waals surface area contributed by atoms with E-state index in [4.69, 9.17) is 10.3 Å². The number of furan rings is 1. The predicted octanol–water partition coefficient (Wildman–Crippen LogP) is 2.48. The zero-order chi connectivity index (χ0) is 13.0. The zero-order valence-electron chi connectivity index (χ0n) is 10.6. The number of nitrogens with two attached hydrogens (primary N) is 1. The fraction of sp³-hybridized carbons (Fsp3) is 0.357. The van der Waals surface area contributed by atoms with Crippen LogP contribution in [0.15, 0.2) is 34.9 Å². The van der Waals surface area contributed by atoms with E-state index in [1.807, 2.05) is 24.5 Å². The first-order valence-corrected chi connectivity index (χ1v) is 6.15. The van der Waals surface area contributed by atoms with Crippen LogP contribution >= 0.6 is 0 Å². The lowest BCUT2D eigenvalue weighted by molar-refractivity contribution is -0.130. The minimum absolute atomic E-state index is 0.0212. The normalized spacial score (nSPS) is 10.8. The van der Waals surface area contributed by atoms with Gasteiger partial charge in [-0.25, -0.2) is 5.84 Å². The molecule has 0 spiro atoms. The van der Waals surface area contributed by atoms with Gasteiger partial charge in [-0.3, -0.25) is 9.80 Å². The maximum absolute atomic E-state index is 11.3. The smallest absolute Gasteiger partial charge is 0.236 e. The number of nitrogens with zero attached hydrogens (tertiary/aromatic N) is 1. The molecule has 0 saturated carbocycles. The quantitative estimate of drug-likeness (QED) is 0.381. The number of para-hydroxylation sites is 1. The molecule has 96 valence electrons. The number of hydrogen-bond acceptors (Lipinski definition) is 3. The van der Waals surface area contributed by atoms with Gasteiger partial charge in [0.2, 0.25) is 5.91 Å². The van der Waals surface area contributed by atoms with E-state index < -0.39 is 0 Å². The van der Waals surface area contributed by atoms with Crippen molar-refractivity contribution in [1.29, 1.82) is 0 Å². The van der Waals surface area contributed by atoms with Gasteiger partial charge in [-0.1, -0.05) is 18.2 Å². The van der Waals surface area contributed by atoms with Crippen molar-refractivity contribution < 1.29 is 9.21 Å². The van der Waals surface area contributed by atoms with E-state index in [0.29, 0.717) is 6.42 Å². The number of unbranched alkanes of at least 4 members (excludes halogenated alkanes) is 1. The lowest BCUT2D eigenvalue weighted by Crippen LogP contribution is -2.32. The first kappa shape index (κ1) is 12.6. The Hall–Kier alpha value is -1.81. The minimum Gasteiger partial charge on any atom is -0.464 e. The third-order valence-corrected chi connectivity index (χ3v) is 3.04. The van der Waals surface area contributed by atoms with Crippen molar-refractivity contribution in [3.63, 3.8) is 0 Å². The molecule has 0 aliphatic rings. The number of carbonyl (C=O) groups excluding carboxylic acids is 1. The largest absolute Gasteiger partial charge is 0.464 e. The van der Waals surface area contributed by atoms with E-state index in [-0.39, 0.29) is 5.91 Å². The number of hydrazine groups is 1. The molecule has 0 fully saturated rings. The molecule has 1 aromatic heterocycles. The van der Waals surface area contributed by atoms with Crippen LogP contribution in [-0.2, 0) is 11.2 Å². The molecule has 4 nitrogen and oxygen atoms in total. The highest BCUT2D eigenvalue weighted by atomic mass is 16.3. The first-order chi connectivity index (χ1) is 8.68. The highest BCUT2D eigenvalue weighted by Crippen LogP contribution is 2.22. The summed E-state index contributed by atoms with van der Waals surface area (Å²) in [6, 6.07) is 8.00. The van der Waals surface area contributed by atoms with Crippen LogP contribution in [0.1, 0.15) is 24.8 Å². The average Bonchev–Trinajstić information content (AvgIpc) is 2.77. The van der Waals surface area contributed by atoms with Crippen molar-refractivity contribution in [3.8, 4) is 0 Å². The van der Waals surface area contributed by atoms with E-state index in [0.717, 1.165) is 29.9 Å². The number of amides is 1. The van der Waals surface area contributed by atoms with Gasteiger partial charge in [0.15, 0.2) is 0 Å². The Morgan fingerprint density at radius 2 is 2.11 bits per heavy atom. The van der Waals surface area contributed by atoms with Crippen LogP contribution in [0.4, 0.5) is 0 Å². The molecule has 2 aromatic rings. The van der Waals surface area contributed by atoms with Gasteiger partial charge in [0.25, 0.3) is 0 Å². The third-order valence-electron chi connectivity index (χ3n) is 3.04. The lowest BCUT2D eigenvalue weighted by atomic mass is 10.1. The Labute approximate surface area is 106 Å². The number of carbonyl (C=O) groups is 1. The van der Waals surface area contributed by atoms with E-state index in [9.17, 15) is 4.79 Å². The lowest BCUT2D eigenvalue weighted by Gasteiger charge is -2.08. The van der Waals surface area contributed by atoms with Gasteiger partial charge in [-0.15, -0.1) is 0 Å². The van der Waals surface area contributed by atoms with Crippen molar-refractivity contribution in [2.45, 2.75) is 25.7 Å². The van der Waals surface area contributed by atoms with Crippen molar-refractivity contribution >= 4 is 16.9 Å². The summed E-state index contributed by atoms with van der Waals surface area (Å²) >= 11 is 0. The van der Waals surface area contributed by atoms with E-state index in [1.54, 1.807) is 7.05 Å². The Kier molecular flexibility index (Phi) is 3.99. The number of aryl methyl sites for hydroxylation is 1. The van der Waals surface area contributed by atoms with Crippen LogP contribution in [0.25, 0.3) is 11.0 Å². The molecule has 2 rings (SSSR count). The summed E-state index contributed by atoms with van der Waals surface area (Å²) in [6.45, 7) is 0. The molecule has 0 saturated heterocycles. The second kappa shape index (κ2) is 5.69. The second-order valence-corrected chi connectivity index (χ2v) is 4.47. The van der Waals surface area contributed by atoms with Gasteiger partial charge in [-0.2, -0.15) is 0 Å². The highest BCUT2D eigenvalue weighted by molar-refractivity contribution is 5.80. The van der Waals surface area contributed by atoms with Crippen LogP contribution in [0, 0.1) is 0 Å². The molecule has 0 atom stereocenters. The summed E-state index contributed by atoms with van der Waals surface area (Å²) in [5.74, 6) is 5.33. The van der Waals surface area contributed by atoms with Crippen LogP contribution in [0.3, 0.4) is 0 Å². The SMILES string of the molecule is CN(N)C(=O)CCCCc1coc2ccccc12. The minimum atomic E-state index is -0.0212. The molecular weight excluding hydrogens is 228 g/mol. The Morgan fingerprint density at radius 1 is 1.33 bits per heavy atom. The number of benzene rings is 1. The van der Waals surface area contributed by atoms with E-state index in [2.05, 4.69) is 6.07 Å². The van der Waals surface area contributed by atoms with Crippen LogP contribution in [0.2, 0.25) is 0 Å².